The molecule has 0 heterocycles. The van der Waals surface area contributed by atoms with E-state index in [0.717, 1.165) is 4.90 Å². The van der Waals surface area contributed by atoms with E-state index in [9.17, 15) is 4.79 Å². The molecule has 0 aromatic heterocycles. The molecule has 15 heavy (non-hydrogen) atoms. The predicted octanol–water partition coefficient (Wildman–Crippen LogP) is 1.49. The highest BCUT2D eigenvalue weighted by Crippen LogP contribution is 2.14. The fourth-order valence-corrected chi connectivity index (χ4v) is 1.52. The molecule has 82 valence electrons. The Morgan fingerprint density at radius 3 is 2.53 bits per heavy atom. The van der Waals surface area contributed by atoms with Crippen LogP contribution in [-0.2, 0) is 0 Å². The summed E-state index contributed by atoms with van der Waals surface area (Å²) >= 11 is 1.66. The van der Waals surface area contributed by atoms with Crippen LogP contribution in [0.15, 0.2) is 29.2 Å². The minimum absolute atomic E-state index is 0.0118. The van der Waals surface area contributed by atoms with Gasteiger partial charge >= 0.3 is 0 Å². The van der Waals surface area contributed by atoms with Gasteiger partial charge in [0, 0.05) is 23.0 Å². The molecule has 0 bridgehead atoms. The zero-order chi connectivity index (χ0) is 11.3. The molecule has 1 unspecified atom stereocenters. The lowest BCUT2D eigenvalue weighted by Gasteiger charge is -2.11. The van der Waals surface area contributed by atoms with E-state index in [4.69, 9.17) is 5.73 Å². The van der Waals surface area contributed by atoms with Crippen LogP contribution >= 0.6 is 11.8 Å². The molecule has 3 N–H and O–H groups in total. The third-order valence-corrected chi connectivity index (χ3v) is 2.83. The quantitative estimate of drug-likeness (QED) is 0.762. The Kier molecular flexibility index (Phi) is 4.65. The van der Waals surface area contributed by atoms with Gasteiger partial charge in [0.25, 0.3) is 5.91 Å². The highest BCUT2D eigenvalue weighted by molar-refractivity contribution is 7.98. The minimum atomic E-state index is -0.0689. The van der Waals surface area contributed by atoms with E-state index in [1.165, 1.54) is 0 Å². The third-order valence-electron chi connectivity index (χ3n) is 2.08. The van der Waals surface area contributed by atoms with E-state index in [2.05, 4.69) is 5.32 Å². The van der Waals surface area contributed by atoms with Gasteiger partial charge in [-0.25, -0.2) is 0 Å². The maximum Gasteiger partial charge on any atom is 0.251 e. The molecule has 1 rings (SSSR count). The van der Waals surface area contributed by atoms with Crippen LogP contribution in [0.4, 0.5) is 0 Å². The van der Waals surface area contributed by atoms with Crippen molar-refractivity contribution in [3.8, 4) is 0 Å². The number of nitrogens with two attached hydrogens (primary N) is 1. The lowest BCUT2D eigenvalue weighted by atomic mass is 10.2. The zero-order valence-corrected chi connectivity index (χ0v) is 9.80. The van der Waals surface area contributed by atoms with Crippen LogP contribution in [0.2, 0.25) is 0 Å². The largest absolute Gasteiger partial charge is 0.348 e. The van der Waals surface area contributed by atoms with Crippen molar-refractivity contribution in [3.63, 3.8) is 0 Å². The summed E-state index contributed by atoms with van der Waals surface area (Å²) in [5.74, 6) is -0.0689. The Morgan fingerprint density at radius 2 is 2.07 bits per heavy atom. The van der Waals surface area contributed by atoms with E-state index >= 15 is 0 Å². The molecular weight excluding hydrogens is 208 g/mol. The molecule has 1 aromatic rings. The van der Waals surface area contributed by atoms with Gasteiger partial charge in [0.1, 0.15) is 0 Å². The molecule has 1 amide bonds. The van der Waals surface area contributed by atoms with Crippen molar-refractivity contribution in [2.45, 2.75) is 17.9 Å². The van der Waals surface area contributed by atoms with Crippen molar-refractivity contribution in [1.29, 1.82) is 0 Å². The van der Waals surface area contributed by atoms with Crippen molar-refractivity contribution in [3.05, 3.63) is 29.8 Å². The van der Waals surface area contributed by atoms with Crippen LogP contribution in [0, 0.1) is 0 Å². The number of carbonyl (C=O) groups excluding carboxylic acids is 1. The highest BCUT2D eigenvalue weighted by Gasteiger charge is 2.07. The van der Waals surface area contributed by atoms with Crippen molar-refractivity contribution < 1.29 is 4.79 Å². The van der Waals surface area contributed by atoms with Crippen molar-refractivity contribution >= 4 is 17.7 Å². The second kappa shape index (κ2) is 5.78. The Hall–Kier alpha value is -1.00. The number of amides is 1. The molecule has 0 saturated heterocycles. The molecule has 1 aromatic carbocycles. The number of carbonyl (C=O) groups is 1. The van der Waals surface area contributed by atoms with E-state index < -0.39 is 0 Å². The molecule has 0 aliphatic carbocycles. The average molecular weight is 224 g/mol. The second-order valence-electron chi connectivity index (χ2n) is 3.34. The van der Waals surface area contributed by atoms with Crippen LogP contribution in [0.5, 0.6) is 0 Å². The summed E-state index contributed by atoms with van der Waals surface area (Å²) in [4.78, 5) is 12.8. The topological polar surface area (TPSA) is 55.1 Å². The van der Waals surface area contributed by atoms with Gasteiger partial charge in [-0.1, -0.05) is 0 Å². The molecule has 0 aliphatic heterocycles. The fraction of sp³-hybridized carbons (Fsp3) is 0.364. The lowest BCUT2D eigenvalue weighted by Crippen LogP contribution is -2.37. The van der Waals surface area contributed by atoms with E-state index in [-0.39, 0.29) is 11.9 Å². The highest BCUT2D eigenvalue weighted by atomic mass is 32.2. The summed E-state index contributed by atoms with van der Waals surface area (Å²) in [5, 5.41) is 2.81. The molecule has 0 spiro atoms. The summed E-state index contributed by atoms with van der Waals surface area (Å²) in [5.41, 5.74) is 6.10. The van der Waals surface area contributed by atoms with Gasteiger partial charge in [0.2, 0.25) is 0 Å². The van der Waals surface area contributed by atoms with E-state index in [0.29, 0.717) is 12.1 Å². The second-order valence-corrected chi connectivity index (χ2v) is 4.22. The van der Waals surface area contributed by atoms with Crippen molar-refractivity contribution in [2.24, 2.45) is 5.73 Å². The lowest BCUT2D eigenvalue weighted by molar-refractivity contribution is 0.0941. The van der Waals surface area contributed by atoms with E-state index in [1.54, 1.807) is 11.8 Å². The SMILES string of the molecule is CSc1ccc(C(=O)NC(C)CN)cc1. The van der Waals surface area contributed by atoms with Crippen LogP contribution in [0.3, 0.4) is 0 Å². The molecule has 0 aliphatic rings. The molecule has 3 nitrogen and oxygen atoms in total. The third kappa shape index (κ3) is 3.57. The first kappa shape index (κ1) is 12.1. The Morgan fingerprint density at radius 1 is 1.47 bits per heavy atom. The number of nitrogens with one attached hydrogen (secondary N) is 1. The number of hydrogen-bond acceptors (Lipinski definition) is 3. The zero-order valence-electron chi connectivity index (χ0n) is 8.99. The number of rotatable bonds is 4. The molecule has 0 saturated carbocycles. The minimum Gasteiger partial charge on any atom is -0.348 e. The van der Waals surface area contributed by atoms with Crippen LogP contribution in [-0.4, -0.2) is 24.7 Å². The smallest absolute Gasteiger partial charge is 0.251 e. The van der Waals surface area contributed by atoms with E-state index in [1.807, 2.05) is 37.4 Å². The molecule has 4 heteroatoms. The summed E-state index contributed by atoms with van der Waals surface area (Å²) in [6.45, 7) is 2.34. The molecule has 0 radical (unpaired) electrons. The standard InChI is InChI=1S/C11H16N2OS/c1-8(7-12)13-11(14)9-3-5-10(15-2)6-4-9/h3-6,8H,7,12H2,1-2H3,(H,13,14). The first-order chi connectivity index (χ1) is 7.17. The van der Waals surface area contributed by atoms with Gasteiger partial charge in [0.05, 0.1) is 0 Å². The summed E-state index contributed by atoms with van der Waals surface area (Å²) < 4.78 is 0. The number of thioether (sulfide) groups is 1. The average Bonchev–Trinajstić information content (AvgIpc) is 2.29. The number of benzene rings is 1. The van der Waals surface area contributed by atoms with Crippen molar-refractivity contribution in [2.75, 3.05) is 12.8 Å². The summed E-state index contributed by atoms with van der Waals surface area (Å²) in [6, 6.07) is 7.53. The monoisotopic (exact) mass is 224 g/mol. The normalized spacial score (nSPS) is 12.2. The van der Waals surface area contributed by atoms with Gasteiger partial charge in [-0.2, -0.15) is 0 Å². The van der Waals surface area contributed by atoms with Crippen LogP contribution in [0.1, 0.15) is 17.3 Å². The van der Waals surface area contributed by atoms with Crippen LogP contribution in [0.25, 0.3) is 0 Å². The van der Waals surface area contributed by atoms with Gasteiger partial charge in [0.15, 0.2) is 0 Å². The Labute approximate surface area is 94.4 Å². The number of hydrogen-bond donors (Lipinski definition) is 2. The maximum atomic E-state index is 11.6. The van der Waals surface area contributed by atoms with Gasteiger partial charge < -0.3 is 11.1 Å². The maximum absolute atomic E-state index is 11.6. The summed E-state index contributed by atoms with van der Waals surface area (Å²) in [7, 11) is 0. The van der Waals surface area contributed by atoms with Gasteiger partial charge in [-0.05, 0) is 37.4 Å². The van der Waals surface area contributed by atoms with Crippen LogP contribution < -0.4 is 11.1 Å². The molecule has 1 atom stereocenters. The van der Waals surface area contributed by atoms with Gasteiger partial charge in [-0.3, -0.25) is 4.79 Å². The molecular formula is C11H16N2OS. The molecule has 0 fully saturated rings. The predicted molar refractivity (Wildman–Crippen MR) is 64.2 cm³/mol. The fourth-order valence-electron chi connectivity index (χ4n) is 1.11. The summed E-state index contributed by atoms with van der Waals surface area (Å²) in [6.07, 6.45) is 2.01. The first-order valence-electron chi connectivity index (χ1n) is 4.82. The Balaban J connectivity index is 2.66. The van der Waals surface area contributed by atoms with Crippen molar-refractivity contribution in [1.82, 2.24) is 5.32 Å². The first-order valence-corrected chi connectivity index (χ1v) is 6.05. The Bertz CT molecular complexity index is 324. The van der Waals surface area contributed by atoms with Gasteiger partial charge in [-0.15, -0.1) is 11.8 Å².